The van der Waals surface area contributed by atoms with Crippen LogP contribution in [0.4, 0.5) is 11.5 Å². The van der Waals surface area contributed by atoms with Gasteiger partial charge in [0.25, 0.3) is 0 Å². The number of carbonyl (C=O) groups excluding carboxylic acids is 2. The fraction of sp³-hybridized carbons (Fsp3) is 0.500. The van der Waals surface area contributed by atoms with E-state index in [1.807, 2.05) is 4.90 Å². The zero-order chi connectivity index (χ0) is 15.4. The van der Waals surface area contributed by atoms with Crippen molar-refractivity contribution in [2.75, 3.05) is 43.9 Å². The van der Waals surface area contributed by atoms with Gasteiger partial charge < -0.3 is 20.3 Å². The van der Waals surface area contributed by atoms with Crippen LogP contribution in [0.25, 0.3) is 0 Å². The van der Waals surface area contributed by atoms with Crippen molar-refractivity contribution in [2.24, 2.45) is 0 Å². The molecule has 1 aromatic heterocycles. The summed E-state index contributed by atoms with van der Waals surface area (Å²) in [7, 11) is 1.78. The molecule has 1 aliphatic heterocycles. The fourth-order valence-electron chi connectivity index (χ4n) is 2.20. The second kappa shape index (κ2) is 6.43. The van der Waals surface area contributed by atoms with Crippen LogP contribution in [0.5, 0.6) is 0 Å². The van der Waals surface area contributed by atoms with Gasteiger partial charge in [0.2, 0.25) is 5.91 Å². The maximum absolute atomic E-state index is 11.9. The summed E-state index contributed by atoms with van der Waals surface area (Å²) in [5, 5.41) is 0. The van der Waals surface area contributed by atoms with Crippen molar-refractivity contribution in [3.63, 3.8) is 0 Å². The minimum atomic E-state index is -0.475. The normalized spacial score (nSPS) is 15.8. The van der Waals surface area contributed by atoms with Crippen LogP contribution in [-0.2, 0) is 9.53 Å². The third kappa shape index (κ3) is 3.42. The molecule has 21 heavy (non-hydrogen) atoms. The molecule has 0 aromatic carbocycles. The van der Waals surface area contributed by atoms with Crippen LogP contribution in [0.2, 0.25) is 0 Å². The van der Waals surface area contributed by atoms with E-state index in [0.29, 0.717) is 12.4 Å². The molecule has 1 amide bonds. The largest absolute Gasteiger partial charge is 0.462 e. The van der Waals surface area contributed by atoms with E-state index >= 15 is 0 Å². The predicted molar refractivity (Wildman–Crippen MR) is 79.1 cm³/mol. The van der Waals surface area contributed by atoms with Crippen molar-refractivity contribution in [1.82, 2.24) is 9.88 Å². The number of esters is 1. The second-order valence-corrected chi connectivity index (χ2v) is 4.94. The van der Waals surface area contributed by atoms with Gasteiger partial charge in [0.1, 0.15) is 5.82 Å². The maximum Gasteiger partial charge on any atom is 0.340 e. The predicted octanol–water partition coefficient (Wildman–Crippen LogP) is 0.509. The molecule has 0 bridgehead atoms. The van der Waals surface area contributed by atoms with Gasteiger partial charge in [0.05, 0.1) is 30.6 Å². The zero-order valence-corrected chi connectivity index (χ0v) is 12.3. The molecule has 114 valence electrons. The molecule has 1 aromatic rings. The van der Waals surface area contributed by atoms with Crippen molar-refractivity contribution in [3.05, 3.63) is 17.8 Å². The molecule has 1 fully saturated rings. The van der Waals surface area contributed by atoms with Gasteiger partial charge in [0.15, 0.2) is 0 Å². The Morgan fingerprint density at radius 3 is 2.95 bits per heavy atom. The first kappa shape index (κ1) is 15.1. The van der Waals surface area contributed by atoms with Crippen molar-refractivity contribution in [2.45, 2.75) is 13.3 Å². The minimum absolute atomic E-state index is 0.0313. The van der Waals surface area contributed by atoms with Crippen LogP contribution in [0, 0.1) is 0 Å². The van der Waals surface area contributed by atoms with Crippen molar-refractivity contribution in [1.29, 1.82) is 0 Å². The first-order valence-electron chi connectivity index (χ1n) is 6.94. The number of nitrogens with zero attached hydrogens (tertiary/aromatic N) is 3. The van der Waals surface area contributed by atoms with Crippen LogP contribution >= 0.6 is 0 Å². The van der Waals surface area contributed by atoms with E-state index in [-0.39, 0.29) is 30.3 Å². The standard InChI is InChI=1S/C14H20N4O3/c1-3-21-14(20)10-7-12(16-8-11(10)15)18-6-4-5-17(2)13(19)9-18/h7-8H,3-6,9,15H2,1-2H3. The Labute approximate surface area is 123 Å². The first-order chi connectivity index (χ1) is 10.0. The number of pyridine rings is 1. The van der Waals surface area contributed by atoms with E-state index in [9.17, 15) is 9.59 Å². The number of carbonyl (C=O) groups is 2. The minimum Gasteiger partial charge on any atom is -0.462 e. The van der Waals surface area contributed by atoms with Crippen molar-refractivity contribution >= 4 is 23.4 Å². The number of ether oxygens (including phenoxy) is 1. The molecule has 2 heterocycles. The Bertz CT molecular complexity index is 547. The van der Waals surface area contributed by atoms with E-state index in [1.165, 1.54) is 6.20 Å². The molecule has 1 aliphatic rings. The van der Waals surface area contributed by atoms with Gasteiger partial charge in [-0.1, -0.05) is 0 Å². The number of nitrogen functional groups attached to an aromatic ring is 1. The monoisotopic (exact) mass is 292 g/mol. The Morgan fingerprint density at radius 1 is 1.48 bits per heavy atom. The lowest BCUT2D eigenvalue weighted by molar-refractivity contribution is -0.127. The number of amides is 1. The third-order valence-electron chi connectivity index (χ3n) is 3.41. The van der Waals surface area contributed by atoms with Gasteiger partial charge in [-0.25, -0.2) is 9.78 Å². The maximum atomic E-state index is 11.9. The van der Waals surface area contributed by atoms with Gasteiger partial charge in [-0.15, -0.1) is 0 Å². The summed E-state index contributed by atoms with van der Waals surface area (Å²) in [5.74, 6) is 0.122. The van der Waals surface area contributed by atoms with Gasteiger partial charge >= 0.3 is 5.97 Å². The van der Waals surface area contributed by atoms with E-state index < -0.39 is 5.97 Å². The average Bonchev–Trinajstić information content (AvgIpc) is 2.62. The van der Waals surface area contributed by atoms with Crippen LogP contribution < -0.4 is 10.6 Å². The van der Waals surface area contributed by atoms with Crippen molar-refractivity contribution < 1.29 is 14.3 Å². The van der Waals surface area contributed by atoms with E-state index in [0.717, 1.165) is 13.0 Å². The number of likely N-dealkylation sites (N-methyl/N-ethyl adjacent to an activating group) is 1. The third-order valence-corrected chi connectivity index (χ3v) is 3.41. The quantitative estimate of drug-likeness (QED) is 0.817. The molecule has 0 unspecified atom stereocenters. The summed E-state index contributed by atoms with van der Waals surface area (Å²) in [5.41, 5.74) is 6.33. The molecule has 1 saturated heterocycles. The molecule has 0 spiro atoms. The molecule has 0 atom stereocenters. The highest BCUT2D eigenvalue weighted by molar-refractivity contribution is 5.96. The molecule has 0 aliphatic carbocycles. The second-order valence-electron chi connectivity index (χ2n) is 4.94. The summed E-state index contributed by atoms with van der Waals surface area (Å²) in [6.45, 7) is 3.68. The number of rotatable bonds is 3. The molecular formula is C14H20N4O3. The summed E-state index contributed by atoms with van der Waals surface area (Å²) in [6, 6.07) is 1.59. The van der Waals surface area contributed by atoms with Crippen LogP contribution in [-0.4, -0.2) is 55.0 Å². The Kier molecular flexibility index (Phi) is 4.62. The Hall–Kier alpha value is -2.31. The number of nitrogens with two attached hydrogens (primary N) is 1. The lowest BCUT2D eigenvalue weighted by Gasteiger charge is -2.21. The zero-order valence-electron chi connectivity index (χ0n) is 12.3. The molecule has 7 heteroatoms. The molecule has 2 rings (SSSR count). The Balaban J connectivity index is 2.25. The first-order valence-corrected chi connectivity index (χ1v) is 6.94. The molecule has 2 N–H and O–H groups in total. The smallest absolute Gasteiger partial charge is 0.340 e. The van der Waals surface area contributed by atoms with E-state index in [4.69, 9.17) is 10.5 Å². The van der Waals surface area contributed by atoms with Crippen LogP contribution in [0.3, 0.4) is 0 Å². The van der Waals surface area contributed by atoms with Crippen molar-refractivity contribution in [3.8, 4) is 0 Å². The lowest BCUT2D eigenvalue weighted by Crippen LogP contribution is -2.34. The van der Waals surface area contributed by atoms with Gasteiger partial charge in [-0.2, -0.15) is 0 Å². The van der Waals surface area contributed by atoms with E-state index in [1.54, 1.807) is 24.9 Å². The van der Waals surface area contributed by atoms with Crippen LogP contribution in [0.1, 0.15) is 23.7 Å². The molecule has 0 saturated carbocycles. The lowest BCUT2D eigenvalue weighted by atomic mass is 10.2. The average molecular weight is 292 g/mol. The van der Waals surface area contributed by atoms with Gasteiger partial charge in [0, 0.05) is 20.1 Å². The highest BCUT2D eigenvalue weighted by atomic mass is 16.5. The Morgan fingerprint density at radius 2 is 2.24 bits per heavy atom. The van der Waals surface area contributed by atoms with Crippen LogP contribution in [0.15, 0.2) is 12.3 Å². The summed E-state index contributed by atoms with van der Waals surface area (Å²) < 4.78 is 4.97. The van der Waals surface area contributed by atoms with E-state index in [2.05, 4.69) is 4.98 Å². The number of anilines is 2. The highest BCUT2D eigenvalue weighted by Crippen LogP contribution is 2.20. The SMILES string of the molecule is CCOC(=O)c1cc(N2CCCN(C)C(=O)C2)ncc1N. The van der Waals surface area contributed by atoms with Gasteiger partial charge in [-0.05, 0) is 19.4 Å². The van der Waals surface area contributed by atoms with Gasteiger partial charge in [-0.3, -0.25) is 4.79 Å². The number of aromatic nitrogens is 1. The summed E-state index contributed by atoms with van der Waals surface area (Å²) >= 11 is 0. The fourth-order valence-corrected chi connectivity index (χ4v) is 2.20. The molecule has 0 radical (unpaired) electrons. The topological polar surface area (TPSA) is 88.8 Å². The number of hydrogen-bond donors (Lipinski definition) is 1. The molecular weight excluding hydrogens is 272 g/mol. The molecule has 7 nitrogen and oxygen atoms in total. The summed E-state index contributed by atoms with van der Waals surface area (Å²) in [6.07, 6.45) is 2.28. The summed E-state index contributed by atoms with van der Waals surface area (Å²) in [4.78, 5) is 31.6. The number of hydrogen-bond acceptors (Lipinski definition) is 6. The highest BCUT2D eigenvalue weighted by Gasteiger charge is 2.21.